The summed E-state index contributed by atoms with van der Waals surface area (Å²) in [4.78, 5) is 15.4. The van der Waals surface area contributed by atoms with Crippen molar-refractivity contribution in [3.63, 3.8) is 0 Å². The Kier molecular flexibility index (Phi) is 2.93. The summed E-state index contributed by atoms with van der Waals surface area (Å²) in [7, 11) is 0. The van der Waals surface area contributed by atoms with Gasteiger partial charge in [0, 0.05) is 19.6 Å². The topological polar surface area (TPSA) is 32.3 Å². The highest BCUT2D eigenvalue weighted by Crippen LogP contribution is 2.65. The van der Waals surface area contributed by atoms with Crippen LogP contribution < -0.4 is 5.32 Å². The molecule has 4 aliphatic carbocycles. The second-order valence-electron chi connectivity index (χ2n) is 8.45. The molecule has 3 heteroatoms. The Morgan fingerprint density at radius 1 is 1.10 bits per heavy atom. The number of carbonyl (C=O) groups is 1. The summed E-state index contributed by atoms with van der Waals surface area (Å²) < 4.78 is 0. The van der Waals surface area contributed by atoms with E-state index in [1.165, 1.54) is 38.5 Å². The third-order valence-electron chi connectivity index (χ3n) is 6.43. The van der Waals surface area contributed by atoms with Gasteiger partial charge in [0.1, 0.15) is 0 Å². The zero-order valence-electron chi connectivity index (χ0n) is 12.8. The van der Waals surface area contributed by atoms with Crippen LogP contribution in [-0.2, 0) is 4.79 Å². The minimum Gasteiger partial charge on any atom is -0.341 e. The highest BCUT2D eigenvalue weighted by atomic mass is 16.2. The molecule has 4 bridgehead atoms. The standard InChI is InChI=1S/C17H28N2O/c1-16-8-13-7-14(9-16)11-17(10-13,12-16)15(20)19-5-2-3-18-4-6-19/h13-14,18H,2-12H2,1H3. The van der Waals surface area contributed by atoms with Crippen molar-refractivity contribution in [3.8, 4) is 0 Å². The van der Waals surface area contributed by atoms with E-state index in [2.05, 4.69) is 17.1 Å². The Morgan fingerprint density at radius 3 is 2.55 bits per heavy atom. The monoisotopic (exact) mass is 276 g/mol. The molecule has 1 saturated heterocycles. The second-order valence-corrected chi connectivity index (χ2v) is 8.45. The molecular weight excluding hydrogens is 248 g/mol. The zero-order valence-corrected chi connectivity index (χ0v) is 12.8. The lowest BCUT2D eigenvalue weighted by molar-refractivity contribution is -0.165. The molecule has 0 aromatic carbocycles. The van der Waals surface area contributed by atoms with E-state index in [0.717, 1.165) is 44.4 Å². The minimum atomic E-state index is 0.0309. The van der Waals surface area contributed by atoms with Gasteiger partial charge < -0.3 is 10.2 Å². The smallest absolute Gasteiger partial charge is 0.228 e. The third-order valence-corrected chi connectivity index (χ3v) is 6.43. The van der Waals surface area contributed by atoms with Crippen molar-refractivity contribution >= 4 is 5.91 Å². The predicted octanol–water partition coefficient (Wildman–Crippen LogP) is 2.41. The molecule has 5 rings (SSSR count). The Morgan fingerprint density at radius 2 is 1.85 bits per heavy atom. The Bertz CT molecular complexity index is 397. The van der Waals surface area contributed by atoms with Gasteiger partial charge in [0.15, 0.2) is 0 Å². The molecule has 3 nitrogen and oxygen atoms in total. The van der Waals surface area contributed by atoms with Crippen LogP contribution in [0.4, 0.5) is 0 Å². The lowest BCUT2D eigenvalue weighted by atomic mass is 9.44. The first-order valence-corrected chi connectivity index (χ1v) is 8.59. The van der Waals surface area contributed by atoms with Gasteiger partial charge in [-0.15, -0.1) is 0 Å². The summed E-state index contributed by atoms with van der Waals surface area (Å²) >= 11 is 0. The van der Waals surface area contributed by atoms with Crippen molar-refractivity contribution in [2.45, 2.75) is 51.9 Å². The molecule has 0 aromatic heterocycles. The summed E-state index contributed by atoms with van der Waals surface area (Å²) in [5.41, 5.74) is 0.507. The lowest BCUT2D eigenvalue weighted by Gasteiger charge is -2.61. The van der Waals surface area contributed by atoms with Gasteiger partial charge in [-0.05, 0) is 68.7 Å². The van der Waals surface area contributed by atoms with Crippen LogP contribution in [0.5, 0.6) is 0 Å². The zero-order chi connectivity index (χ0) is 13.8. The van der Waals surface area contributed by atoms with Crippen LogP contribution in [0.25, 0.3) is 0 Å². The first kappa shape index (κ1) is 13.1. The van der Waals surface area contributed by atoms with Crippen molar-refractivity contribution in [1.82, 2.24) is 10.2 Å². The molecule has 0 spiro atoms. The highest BCUT2D eigenvalue weighted by molar-refractivity contribution is 5.83. The largest absolute Gasteiger partial charge is 0.341 e. The Labute approximate surface area is 122 Å². The molecule has 1 N–H and O–H groups in total. The molecule has 0 aromatic rings. The number of carbonyl (C=O) groups excluding carboxylic acids is 1. The molecule has 1 amide bonds. The van der Waals surface area contributed by atoms with Crippen molar-refractivity contribution in [3.05, 3.63) is 0 Å². The fourth-order valence-electron chi connectivity index (χ4n) is 6.35. The number of nitrogens with zero attached hydrogens (tertiary/aromatic N) is 1. The van der Waals surface area contributed by atoms with E-state index in [1.807, 2.05) is 0 Å². The average molecular weight is 276 g/mol. The van der Waals surface area contributed by atoms with Crippen LogP contribution in [0.1, 0.15) is 51.9 Å². The van der Waals surface area contributed by atoms with Gasteiger partial charge >= 0.3 is 0 Å². The van der Waals surface area contributed by atoms with Crippen LogP contribution in [0.3, 0.4) is 0 Å². The van der Waals surface area contributed by atoms with E-state index >= 15 is 0 Å². The van der Waals surface area contributed by atoms with Gasteiger partial charge in [-0.3, -0.25) is 4.79 Å². The first-order valence-electron chi connectivity index (χ1n) is 8.59. The van der Waals surface area contributed by atoms with Gasteiger partial charge in [-0.2, -0.15) is 0 Å². The molecule has 2 atom stereocenters. The summed E-state index contributed by atoms with van der Waals surface area (Å²) in [6.07, 6.45) is 8.87. The van der Waals surface area contributed by atoms with Gasteiger partial charge in [0.25, 0.3) is 0 Å². The molecule has 20 heavy (non-hydrogen) atoms. The van der Waals surface area contributed by atoms with Crippen molar-refractivity contribution in [1.29, 1.82) is 0 Å². The van der Waals surface area contributed by atoms with Gasteiger partial charge in [0.05, 0.1) is 5.41 Å². The number of amides is 1. The number of hydrogen-bond acceptors (Lipinski definition) is 2. The molecule has 5 fully saturated rings. The second kappa shape index (κ2) is 4.46. The molecule has 1 heterocycles. The van der Waals surface area contributed by atoms with E-state index in [1.54, 1.807) is 0 Å². The average Bonchev–Trinajstić information content (AvgIpc) is 2.63. The fourth-order valence-corrected chi connectivity index (χ4v) is 6.35. The van der Waals surface area contributed by atoms with Gasteiger partial charge in [-0.1, -0.05) is 6.92 Å². The molecule has 0 radical (unpaired) electrons. The first-order chi connectivity index (χ1) is 9.59. The predicted molar refractivity (Wildman–Crippen MR) is 79.3 cm³/mol. The van der Waals surface area contributed by atoms with E-state index in [-0.39, 0.29) is 5.41 Å². The SMILES string of the molecule is CC12CC3CC(C1)CC(C(=O)N1CCCNCC1)(C3)C2. The van der Waals surface area contributed by atoms with E-state index in [4.69, 9.17) is 0 Å². The molecule has 5 aliphatic rings. The number of nitrogens with one attached hydrogen (secondary N) is 1. The van der Waals surface area contributed by atoms with Crippen molar-refractivity contribution < 1.29 is 4.79 Å². The summed E-state index contributed by atoms with van der Waals surface area (Å²) in [5.74, 6) is 2.20. The molecule has 4 saturated carbocycles. The number of rotatable bonds is 1. The lowest BCUT2D eigenvalue weighted by Crippen LogP contribution is -2.57. The maximum Gasteiger partial charge on any atom is 0.228 e. The normalized spacial score (nSPS) is 47.4. The Hall–Kier alpha value is -0.570. The van der Waals surface area contributed by atoms with Crippen molar-refractivity contribution in [2.75, 3.05) is 26.2 Å². The molecule has 1 aliphatic heterocycles. The van der Waals surface area contributed by atoms with Crippen LogP contribution in [0.15, 0.2) is 0 Å². The van der Waals surface area contributed by atoms with Crippen LogP contribution in [0, 0.1) is 22.7 Å². The maximum absolute atomic E-state index is 13.2. The van der Waals surface area contributed by atoms with E-state index in [0.29, 0.717) is 11.3 Å². The van der Waals surface area contributed by atoms with Crippen LogP contribution in [0.2, 0.25) is 0 Å². The third kappa shape index (κ3) is 2.01. The maximum atomic E-state index is 13.2. The minimum absolute atomic E-state index is 0.0309. The molecule has 112 valence electrons. The summed E-state index contributed by atoms with van der Waals surface area (Å²) in [5, 5.41) is 3.42. The van der Waals surface area contributed by atoms with Crippen LogP contribution in [-0.4, -0.2) is 37.0 Å². The Balaban J connectivity index is 1.58. The van der Waals surface area contributed by atoms with Crippen LogP contribution >= 0.6 is 0 Å². The van der Waals surface area contributed by atoms with E-state index in [9.17, 15) is 4.79 Å². The quantitative estimate of drug-likeness (QED) is 0.797. The van der Waals surface area contributed by atoms with Gasteiger partial charge in [-0.25, -0.2) is 0 Å². The molecule has 2 unspecified atom stereocenters. The van der Waals surface area contributed by atoms with E-state index < -0.39 is 0 Å². The fraction of sp³-hybridized carbons (Fsp3) is 0.941. The summed E-state index contributed by atoms with van der Waals surface area (Å²) in [6, 6.07) is 0. The molecular formula is C17H28N2O. The van der Waals surface area contributed by atoms with Crippen molar-refractivity contribution in [2.24, 2.45) is 22.7 Å². The number of hydrogen-bond donors (Lipinski definition) is 1. The van der Waals surface area contributed by atoms with Gasteiger partial charge in [0.2, 0.25) is 5.91 Å². The summed E-state index contributed by atoms with van der Waals surface area (Å²) in [6.45, 7) is 6.40. The highest BCUT2D eigenvalue weighted by Gasteiger charge is 2.59.